The average molecular weight is 559 g/mol. The van der Waals surface area contributed by atoms with Crippen LogP contribution in [0.5, 0.6) is 34.5 Å². The second-order valence-corrected chi connectivity index (χ2v) is 10.7. The lowest BCUT2D eigenvalue weighted by atomic mass is 9.73. The van der Waals surface area contributed by atoms with E-state index >= 15 is 0 Å². The van der Waals surface area contributed by atoms with Gasteiger partial charge in [0.2, 0.25) is 18.3 Å². The molecule has 0 bridgehead atoms. The van der Waals surface area contributed by atoms with Crippen molar-refractivity contribution in [2.75, 3.05) is 35.2 Å². The third kappa shape index (κ3) is 5.36. The highest BCUT2D eigenvalue weighted by Crippen LogP contribution is 2.59. The molecule has 2 aliphatic rings. The highest BCUT2D eigenvalue weighted by molar-refractivity contribution is 5.89. The summed E-state index contributed by atoms with van der Waals surface area (Å²) in [4.78, 5) is 13.2. The number of methoxy groups -OCH3 is 4. The van der Waals surface area contributed by atoms with E-state index in [0.29, 0.717) is 57.6 Å². The lowest BCUT2D eigenvalue weighted by Crippen LogP contribution is -2.43. The summed E-state index contributed by atoms with van der Waals surface area (Å²) in [6.45, 7) is 5.87. The van der Waals surface area contributed by atoms with E-state index in [2.05, 4.69) is 6.92 Å². The third-order valence-corrected chi connectivity index (χ3v) is 8.09. The van der Waals surface area contributed by atoms with Crippen molar-refractivity contribution >= 4 is 5.97 Å². The van der Waals surface area contributed by atoms with Crippen LogP contribution in [0.1, 0.15) is 76.5 Å². The molecular weight excluding hydrogens is 516 g/mol. The van der Waals surface area contributed by atoms with E-state index in [1.54, 1.807) is 20.1 Å². The lowest BCUT2D eigenvalue weighted by molar-refractivity contribution is -0.171. The van der Waals surface area contributed by atoms with E-state index in [1.807, 2.05) is 13.0 Å². The van der Waals surface area contributed by atoms with Gasteiger partial charge in [-0.25, -0.2) is 0 Å². The molecule has 9 nitrogen and oxygen atoms in total. The SMILES string of the molecule is CCCCCCCC(=O)O[C@H]1c2cc(OC)c(OC)c(OC)c2-c2c(cc3c(c2OC)OCO3)C[C@H](C)[C@]1(C)O. The standard InChI is InChI=1S/C31H42O9/c1-8-9-10-11-12-13-23(32)40-30-20-16-21(34-4)26(35-5)29(37-7)25(20)24-19(14-18(2)31(30,3)33)15-22-27(28(24)36-6)39-17-38-22/h15-16,18,30,33H,8-14,17H2,1-7H3/t18-,30-,31-/m0/s1. The molecule has 0 aromatic heterocycles. The van der Waals surface area contributed by atoms with Gasteiger partial charge in [0.1, 0.15) is 5.60 Å². The van der Waals surface area contributed by atoms with Gasteiger partial charge in [0.05, 0.1) is 28.4 Å². The maximum Gasteiger partial charge on any atom is 0.306 e. The molecule has 0 saturated heterocycles. The molecule has 1 heterocycles. The summed E-state index contributed by atoms with van der Waals surface area (Å²) in [6.07, 6.45) is 4.70. The largest absolute Gasteiger partial charge is 0.493 e. The van der Waals surface area contributed by atoms with Gasteiger partial charge < -0.3 is 38.3 Å². The van der Waals surface area contributed by atoms with Gasteiger partial charge in [-0.05, 0) is 43.4 Å². The topological polar surface area (TPSA) is 102 Å². The molecule has 0 spiro atoms. The van der Waals surface area contributed by atoms with Gasteiger partial charge in [-0.1, -0.05) is 39.5 Å². The molecule has 3 atom stereocenters. The predicted molar refractivity (Wildman–Crippen MR) is 150 cm³/mol. The minimum absolute atomic E-state index is 0.0657. The van der Waals surface area contributed by atoms with Gasteiger partial charge in [-0.2, -0.15) is 0 Å². The van der Waals surface area contributed by atoms with Gasteiger partial charge in [0, 0.05) is 23.1 Å². The monoisotopic (exact) mass is 558 g/mol. The third-order valence-electron chi connectivity index (χ3n) is 8.09. The molecule has 0 saturated carbocycles. The molecule has 1 aliphatic carbocycles. The van der Waals surface area contributed by atoms with Crippen molar-refractivity contribution in [1.82, 2.24) is 0 Å². The minimum atomic E-state index is -1.45. The summed E-state index contributed by atoms with van der Waals surface area (Å²) in [5.41, 5.74) is 1.20. The number of fused-ring (bicyclic) bond motifs is 4. The van der Waals surface area contributed by atoms with Crippen molar-refractivity contribution in [3.8, 4) is 45.6 Å². The second kappa shape index (κ2) is 12.5. The van der Waals surface area contributed by atoms with Gasteiger partial charge in [-0.3, -0.25) is 4.79 Å². The fourth-order valence-corrected chi connectivity index (χ4v) is 5.69. The molecule has 9 heteroatoms. The fraction of sp³-hybridized carbons (Fsp3) is 0.581. The summed E-state index contributed by atoms with van der Waals surface area (Å²) in [6, 6.07) is 3.66. The van der Waals surface area contributed by atoms with Gasteiger partial charge in [-0.15, -0.1) is 0 Å². The molecular formula is C31H42O9. The number of carbonyl (C=O) groups excluding carboxylic acids is 1. The minimum Gasteiger partial charge on any atom is -0.493 e. The smallest absolute Gasteiger partial charge is 0.306 e. The second-order valence-electron chi connectivity index (χ2n) is 10.7. The van der Waals surface area contributed by atoms with Crippen molar-refractivity contribution in [1.29, 1.82) is 0 Å². The molecule has 2 aromatic rings. The predicted octanol–water partition coefficient (Wildman–Crippen LogP) is 6.00. The van der Waals surface area contributed by atoms with Crippen molar-refractivity contribution < 1.29 is 43.1 Å². The zero-order valence-corrected chi connectivity index (χ0v) is 24.7. The summed E-state index contributed by atoms with van der Waals surface area (Å²) < 4.78 is 41.0. The number of aliphatic hydroxyl groups is 1. The Morgan fingerprint density at radius 1 is 0.950 bits per heavy atom. The Morgan fingerprint density at radius 2 is 1.65 bits per heavy atom. The summed E-state index contributed by atoms with van der Waals surface area (Å²) >= 11 is 0. The maximum atomic E-state index is 13.2. The van der Waals surface area contributed by atoms with E-state index < -0.39 is 11.7 Å². The first kappa shape index (κ1) is 29.6. The number of esters is 1. The summed E-state index contributed by atoms with van der Waals surface area (Å²) in [5.74, 6) is 1.91. The molecule has 40 heavy (non-hydrogen) atoms. The van der Waals surface area contributed by atoms with E-state index in [0.717, 1.165) is 37.7 Å². The maximum absolute atomic E-state index is 13.2. The molecule has 0 fully saturated rings. The van der Waals surface area contributed by atoms with Crippen LogP contribution in [0.25, 0.3) is 11.1 Å². The van der Waals surface area contributed by atoms with E-state index in [9.17, 15) is 9.90 Å². The number of hydrogen-bond donors (Lipinski definition) is 1. The van der Waals surface area contributed by atoms with E-state index in [1.165, 1.54) is 21.3 Å². The Hall–Kier alpha value is -3.33. The average Bonchev–Trinajstić information content (AvgIpc) is 3.41. The fourth-order valence-electron chi connectivity index (χ4n) is 5.69. The Bertz CT molecular complexity index is 1220. The Labute approximate surface area is 236 Å². The zero-order chi connectivity index (χ0) is 29.0. The number of ether oxygens (including phenoxy) is 7. The number of unbranched alkanes of at least 4 members (excludes halogenated alkanes) is 4. The number of rotatable bonds is 11. The zero-order valence-electron chi connectivity index (χ0n) is 24.7. The van der Waals surface area contributed by atoms with Crippen molar-refractivity contribution in [3.05, 3.63) is 23.3 Å². The van der Waals surface area contributed by atoms with Crippen molar-refractivity contribution in [3.63, 3.8) is 0 Å². The number of hydrogen-bond acceptors (Lipinski definition) is 9. The first-order valence-electron chi connectivity index (χ1n) is 14.0. The lowest BCUT2D eigenvalue weighted by Gasteiger charge is -2.41. The molecule has 1 aliphatic heterocycles. The quantitative estimate of drug-likeness (QED) is 0.263. The van der Waals surface area contributed by atoms with Crippen molar-refractivity contribution in [2.45, 2.75) is 77.4 Å². The molecule has 0 unspecified atom stereocenters. The van der Waals surface area contributed by atoms with E-state index in [-0.39, 0.29) is 25.1 Å². The molecule has 4 rings (SSSR count). The molecule has 1 N–H and O–H groups in total. The van der Waals surface area contributed by atoms with E-state index in [4.69, 9.17) is 33.2 Å². The van der Waals surface area contributed by atoms with Crippen LogP contribution in [0.4, 0.5) is 0 Å². The van der Waals surface area contributed by atoms with Crippen LogP contribution in [0.2, 0.25) is 0 Å². The van der Waals surface area contributed by atoms with Crippen LogP contribution in [-0.4, -0.2) is 51.9 Å². The molecule has 2 aromatic carbocycles. The molecule has 220 valence electrons. The van der Waals surface area contributed by atoms with Gasteiger partial charge in [0.15, 0.2) is 29.1 Å². The number of carbonyl (C=O) groups is 1. The number of benzene rings is 2. The Balaban J connectivity index is 1.95. The Kier molecular flexibility index (Phi) is 9.23. The Morgan fingerprint density at radius 3 is 2.30 bits per heavy atom. The molecule has 0 amide bonds. The summed E-state index contributed by atoms with van der Waals surface area (Å²) in [7, 11) is 6.16. The van der Waals surface area contributed by atoms with Gasteiger partial charge in [0.25, 0.3) is 0 Å². The normalized spacial score (nSPS) is 21.0. The first-order valence-corrected chi connectivity index (χ1v) is 14.0. The van der Waals surface area contributed by atoms with Crippen LogP contribution in [-0.2, 0) is 16.0 Å². The van der Waals surface area contributed by atoms with Crippen LogP contribution >= 0.6 is 0 Å². The van der Waals surface area contributed by atoms with Crippen LogP contribution in [0, 0.1) is 5.92 Å². The van der Waals surface area contributed by atoms with Crippen LogP contribution in [0.15, 0.2) is 12.1 Å². The van der Waals surface area contributed by atoms with Crippen molar-refractivity contribution in [2.24, 2.45) is 5.92 Å². The van der Waals surface area contributed by atoms with Crippen LogP contribution < -0.4 is 28.4 Å². The highest BCUT2D eigenvalue weighted by Gasteiger charge is 2.47. The summed E-state index contributed by atoms with van der Waals surface area (Å²) in [5, 5.41) is 12.1. The highest BCUT2D eigenvalue weighted by atomic mass is 16.7. The van der Waals surface area contributed by atoms with Gasteiger partial charge >= 0.3 is 5.97 Å². The first-order chi connectivity index (χ1) is 19.2. The molecule has 0 radical (unpaired) electrons. The van der Waals surface area contributed by atoms with Crippen LogP contribution in [0.3, 0.4) is 0 Å².